The summed E-state index contributed by atoms with van der Waals surface area (Å²) in [6, 6.07) is 16.3. The number of fused-ring (bicyclic) bond motifs is 1. The summed E-state index contributed by atoms with van der Waals surface area (Å²) in [5.41, 5.74) is 1.94. The molecule has 3 aromatic rings. The zero-order chi connectivity index (χ0) is 19.1. The van der Waals surface area contributed by atoms with Crippen LogP contribution in [0.25, 0.3) is 10.9 Å². The first-order valence-corrected chi connectivity index (χ1v) is 10.1. The molecule has 0 atom stereocenters. The predicted octanol–water partition coefficient (Wildman–Crippen LogP) is 3.16. The second-order valence-electron chi connectivity index (χ2n) is 5.82. The third kappa shape index (κ3) is 5.07. The topological polar surface area (TPSA) is 68.3 Å². The number of pyridine rings is 1. The lowest BCUT2D eigenvalue weighted by Gasteiger charge is -2.05. The van der Waals surface area contributed by atoms with E-state index in [1.165, 1.54) is 0 Å². The van der Waals surface area contributed by atoms with Gasteiger partial charge in [-0.2, -0.15) is 4.72 Å². The molecule has 0 saturated heterocycles. The highest BCUT2D eigenvalue weighted by atomic mass is 32.2. The van der Waals surface area contributed by atoms with Crippen molar-refractivity contribution >= 4 is 20.9 Å². The third-order valence-corrected chi connectivity index (χ3v) is 5.42. The number of hydrogen-bond acceptors (Lipinski definition) is 4. The number of hydrogen-bond donors (Lipinski definition) is 1. The maximum atomic E-state index is 12.2. The van der Waals surface area contributed by atoms with Crippen molar-refractivity contribution in [1.29, 1.82) is 0 Å². The van der Waals surface area contributed by atoms with Crippen LogP contribution in [-0.4, -0.2) is 26.6 Å². The van der Waals surface area contributed by atoms with Crippen LogP contribution in [0.4, 0.5) is 0 Å². The zero-order valence-electron chi connectivity index (χ0n) is 15.0. The van der Waals surface area contributed by atoms with E-state index in [0.717, 1.165) is 22.9 Å². The lowest BCUT2D eigenvalue weighted by Crippen LogP contribution is -2.24. The molecule has 0 radical (unpaired) electrons. The first kappa shape index (κ1) is 18.9. The molecule has 138 valence electrons. The van der Waals surface area contributed by atoms with Crippen LogP contribution in [0, 0.1) is 11.8 Å². The van der Waals surface area contributed by atoms with E-state index in [0.29, 0.717) is 5.75 Å². The van der Waals surface area contributed by atoms with Crippen molar-refractivity contribution in [2.24, 2.45) is 0 Å². The Bertz CT molecular complexity index is 1080. The largest absolute Gasteiger partial charge is 0.481 e. The monoisotopic (exact) mass is 380 g/mol. The van der Waals surface area contributed by atoms with Gasteiger partial charge in [-0.3, -0.25) is 4.98 Å². The zero-order valence-corrected chi connectivity index (χ0v) is 15.8. The molecular weight excluding hydrogens is 360 g/mol. The van der Waals surface area contributed by atoms with E-state index in [1.807, 2.05) is 49.4 Å². The molecule has 2 aromatic carbocycles. The number of nitrogens with zero attached hydrogens (tertiary/aromatic N) is 1. The summed E-state index contributed by atoms with van der Waals surface area (Å²) in [7, 11) is -3.55. The fraction of sp³-hybridized carbons (Fsp3) is 0.190. The minimum absolute atomic E-state index is 0.0283. The standard InChI is InChI=1S/C21H20N2O3S/c1-2-17-7-11-20(12-8-17)27(24,25)23-14-3-4-15-26-19-10-9-18-6-5-13-22-21(18)16-19/h5-13,16,23H,2,14-15H2,1H3. The van der Waals surface area contributed by atoms with Gasteiger partial charge in [-0.25, -0.2) is 8.42 Å². The molecule has 1 N–H and O–H groups in total. The SMILES string of the molecule is CCc1ccc(S(=O)(=O)NCC#CCOc2ccc3cccnc3c2)cc1. The number of aromatic nitrogens is 1. The van der Waals surface area contributed by atoms with Gasteiger partial charge in [-0.1, -0.05) is 37.0 Å². The highest BCUT2D eigenvalue weighted by molar-refractivity contribution is 7.89. The van der Waals surface area contributed by atoms with Crippen molar-refractivity contribution < 1.29 is 13.2 Å². The van der Waals surface area contributed by atoms with Crippen molar-refractivity contribution in [2.75, 3.05) is 13.2 Å². The lowest BCUT2D eigenvalue weighted by molar-refractivity contribution is 0.370. The van der Waals surface area contributed by atoms with Gasteiger partial charge in [0.15, 0.2) is 0 Å². The molecule has 0 unspecified atom stereocenters. The third-order valence-electron chi connectivity index (χ3n) is 4.01. The number of benzene rings is 2. The van der Waals surface area contributed by atoms with E-state index < -0.39 is 10.0 Å². The first-order valence-electron chi connectivity index (χ1n) is 8.60. The van der Waals surface area contributed by atoms with Crippen LogP contribution < -0.4 is 9.46 Å². The van der Waals surface area contributed by atoms with Crippen LogP contribution in [-0.2, 0) is 16.4 Å². The molecule has 0 spiro atoms. The van der Waals surface area contributed by atoms with Crippen molar-refractivity contribution in [3.8, 4) is 17.6 Å². The van der Waals surface area contributed by atoms with Crippen molar-refractivity contribution in [3.05, 3.63) is 66.4 Å². The smallest absolute Gasteiger partial charge is 0.241 e. The highest BCUT2D eigenvalue weighted by Gasteiger charge is 2.11. The highest BCUT2D eigenvalue weighted by Crippen LogP contribution is 2.18. The Labute approximate surface area is 159 Å². The van der Waals surface area contributed by atoms with Crippen LogP contribution in [0.3, 0.4) is 0 Å². The van der Waals surface area contributed by atoms with Crippen LogP contribution in [0.1, 0.15) is 12.5 Å². The molecule has 5 nitrogen and oxygen atoms in total. The summed E-state index contributed by atoms with van der Waals surface area (Å²) in [6.07, 6.45) is 2.60. The molecule has 0 aliphatic heterocycles. The van der Waals surface area contributed by atoms with Gasteiger partial charge in [0, 0.05) is 17.6 Å². The summed E-state index contributed by atoms with van der Waals surface area (Å²) in [5, 5.41) is 1.04. The Morgan fingerprint density at radius 2 is 1.89 bits per heavy atom. The molecule has 27 heavy (non-hydrogen) atoms. The normalized spacial score (nSPS) is 11.0. The van der Waals surface area contributed by atoms with E-state index >= 15 is 0 Å². The average molecular weight is 380 g/mol. The van der Waals surface area contributed by atoms with Gasteiger partial charge in [-0.15, -0.1) is 0 Å². The molecule has 1 heterocycles. The number of aryl methyl sites for hydroxylation is 1. The van der Waals surface area contributed by atoms with Gasteiger partial charge in [0.05, 0.1) is 17.0 Å². The second-order valence-corrected chi connectivity index (χ2v) is 7.59. The van der Waals surface area contributed by atoms with Crippen molar-refractivity contribution in [3.63, 3.8) is 0 Å². The molecule has 6 heteroatoms. The lowest BCUT2D eigenvalue weighted by atomic mass is 10.2. The van der Waals surface area contributed by atoms with Crippen LogP contribution in [0.15, 0.2) is 65.7 Å². The van der Waals surface area contributed by atoms with Gasteiger partial charge in [0.2, 0.25) is 10.0 Å². The molecule has 0 saturated carbocycles. The van der Waals surface area contributed by atoms with Crippen LogP contribution >= 0.6 is 0 Å². The van der Waals surface area contributed by atoms with Crippen molar-refractivity contribution in [1.82, 2.24) is 9.71 Å². The number of nitrogens with one attached hydrogen (secondary N) is 1. The van der Waals surface area contributed by atoms with Gasteiger partial charge in [0.25, 0.3) is 0 Å². The Balaban J connectivity index is 1.51. The van der Waals surface area contributed by atoms with E-state index in [1.54, 1.807) is 18.3 Å². The van der Waals surface area contributed by atoms with Gasteiger partial charge in [-0.05, 0) is 42.3 Å². The summed E-state index contributed by atoms with van der Waals surface area (Å²) < 4.78 is 32.4. The minimum atomic E-state index is -3.55. The van der Waals surface area contributed by atoms with E-state index in [2.05, 4.69) is 21.5 Å². The van der Waals surface area contributed by atoms with Crippen LogP contribution in [0.5, 0.6) is 5.75 Å². The van der Waals surface area contributed by atoms with Gasteiger partial charge >= 0.3 is 0 Å². The molecule has 0 fully saturated rings. The Morgan fingerprint density at radius 3 is 2.67 bits per heavy atom. The molecule has 0 bridgehead atoms. The molecular formula is C21H20N2O3S. The van der Waals surface area contributed by atoms with Crippen LogP contribution in [0.2, 0.25) is 0 Å². The summed E-state index contributed by atoms with van der Waals surface area (Å²) >= 11 is 0. The fourth-order valence-electron chi connectivity index (χ4n) is 2.49. The summed E-state index contributed by atoms with van der Waals surface area (Å²) in [6.45, 7) is 2.22. The van der Waals surface area contributed by atoms with Gasteiger partial charge < -0.3 is 4.74 Å². The number of rotatable bonds is 6. The Kier molecular flexibility index (Phi) is 6.07. The van der Waals surface area contributed by atoms with E-state index in [-0.39, 0.29) is 18.0 Å². The predicted molar refractivity (Wildman–Crippen MR) is 106 cm³/mol. The fourth-order valence-corrected chi connectivity index (χ4v) is 3.41. The second kappa shape index (κ2) is 8.67. The average Bonchev–Trinajstić information content (AvgIpc) is 2.70. The number of ether oxygens (including phenoxy) is 1. The maximum Gasteiger partial charge on any atom is 0.241 e. The molecule has 3 rings (SSSR count). The van der Waals surface area contributed by atoms with Crippen molar-refractivity contribution in [2.45, 2.75) is 18.2 Å². The van der Waals surface area contributed by atoms with E-state index in [9.17, 15) is 8.42 Å². The Hall–Kier alpha value is -2.88. The molecule has 0 aliphatic carbocycles. The summed E-state index contributed by atoms with van der Waals surface area (Å²) in [5.74, 6) is 6.24. The summed E-state index contributed by atoms with van der Waals surface area (Å²) in [4.78, 5) is 4.51. The Morgan fingerprint density at radius 1 is 1.07 bits per heavy atom. The maximum absolute atomic E-state index is 12.2. The van der Waals surface area contributed by atoms with E-state index in [4.69, 9.17) is 4.74 Å². The minimum Gasteiger partial charge on any atom is -0.481 e. The quantitative estimate of drug-likeness (QED) is 0.667. The first-order chi connectivity index (χ1) is 13.1. The molecule has 0 aliphatic rings. The van der Waals surface area contributed by atoms with Gasteiger partial charge in [0.1, 0.15) is 12.4 Å². The molecule has 1 aromatic heterocycles. The molecule has 0 amide bonds. The number of sulfonamides is 1.